The summed E-state index contributed by atoms with van der Waals surface area (Å²) in [5.41, 5.74) is 0. The molecule has 0 spiro atoms. The predicted octanol–water partition coefficient (Wildman–Crippen LogP) is 1.23. The van der Waals surface area contributed by atoms with Gasteiger partial charge in [0.2, 0.25) is 5.91 Å². The Labute approximate surface area is 103 Å². The van der Waals surface area contributed by atoms with Gasteiger partial charge < -0.3 is 14.7 Å². The van der Waals surface area contributed by atoms with E-state index >= 15 is 0 Å². The number of carbonyl (C=O) groups excluding carboxylic acids is 1. The van der Waals surface area contributed by atoms with E-state index in [1.54, 1.807) is 18.9 Å². The van der Waals surface area contributed by atoms with E-state index in [1.165, 1.54) is 0 Å². The van der Waals surface area contributed by atoms with Crippen molar-refractivity contribution in [2.45, 2.75) is 27.2 Å². The first kappa shape index (κ1) is 15.9. The van der Waals surface area contributed by atoms with Gasteiger partial charge in [0.1, 0.15) is 0 Å². The van der Waals surface area contributed by atoms with E-state index in [-0.39, 0.29) is 24.8 Å². The van der Waals surface area contributed by atoms with Crippen LogP contribution >= 0.6 is 0 Å². The Hall–Kier alpha value is -1.10. The summed E-state index contributed by atoms with van der Waals surface area (Å²) >= 11 is 0. The predicted molar refractivity (Wildman–Crippen MR) is 64.7 cm³/mol. The minimum atomic E-state index is -0.883. The average Bonchev–Trinajstić information content (AvgIpc) is 2.22. The lowest BCUT2D eigenvalue weighted by atomic mass is 10.1. The number of hydrogen-bond donors (Lipinski definition) is 1. The number of rotatable bonds is 8. The van der Waals surface area contributed by atoms with Gasteiger partial charge in [-0.05, 0) is 5.92 Å². The molecule has 1 amide bonds. The summed E-state index contributed by atoms with van der Waals surface area (Å²) in [6.07, 6.45) is -0.0157. The van der Waals surface area contributed by atoms with Crippen molar-refractivity contribution in [1.29, 1.82) is 0 Å². The molecule has 0 saturated heterocycles. The minimum absolute atomic E-state index is 0.0157. The number of ether oxygens (including phenoxy) is 1. The fourth-order valence-electron chi connectivity index (χ4n) is 1.60. The van der Waals surface area contributed by atoms with Crippen LogP contribution in [-0.2, 0) is 14.3 Å². The maximum atomic E-state index is 12.0. The number of hydrogen-bond acceptors (Lipinski definition) is 3. The molecule has 100 valence electrons. The van der Waals surface area contributed by atoms with Crippen LogP contribution in [0, 0.1) is 11.8 Å². The molecule has 0 aliphatic rings. The molecule has 17 heavy (non-hydrogen) atoms. The zero-order chi connectivity index (χ0) is 13.4. The van der Waals surface area contributed by atoms with E-state index < -0.39 is 5.97 Å². The van der Waals surface area contributed by atoms with Crippen LogP contribution in [0.4, 0.5) is 0 Å². The van der Waals surface area contributed by atoms with Gasteiger partial charge in [-0.15, -0.1) is 0 Å². The van der Waals surface area contributed by atoms with Crippen molar-refractivity contribution in [2.24, 2.45) is 11.8 Å². The SMILES string of the molecule is COCC(C)C(=O)N(CCC(=O)O)CC(C)C. The molecule has 5 heteroatoms. The summed E-state index contributed by atoms with van der Waals surface area (Å²) in [5.74, 6) is -0.831. The van der Waals surface area contributed by atoms with Gasteiger partial charge in [-0.3, -0.25) is 9.59 Å². The van der Waals surface area contributed by atoms with Crippen molar-refractivity contribution in [3.8, 4) is 0 Å². The molecule has 0 aromatic rings. The molecule has 0 saturated carbocycles. The third-order valence-electron chi connectivity index (χ3n) is 2.33. The van der Waals surface area contributed by atoms with Gasteiger partial charge in [-0.1, -0.05) is 20.8 Å². The maximum Gasteiger partial charge on any atom is 0.305 e. The number of amides is 1. The van der Waals surface area contributed by atoms with Gasteiger partial charge in [-0.25, -0.2) is 0 Å². The van der Waals surface area contributed by atoms with Crippen LogP contribution in [0.2, 0.25) is 0 Å². The number of carbonyl (C=O) groups is 2. The summed E-state index contributed by atoms with van der Waals surface area (Å²) in [5, 5.41) is 8.66. The summed E-state index contributed by atoms with van der Waals surface area (Å²) in [7, 11) is 1.55. The first-order chi connectivity index (χ1) is 7.88. The van der Waals surface area contributed by atoms with Gasteiger partial charge in [-0.2, -0.15) is 0 Å². The summed E-state index contributed by atoms with van der Waals surface area (Å²) in [6.45, 7) is 7.01. The molecular weight excluding hydrogens is 222 g/mol. The molecule has 5 nitrogen and oxygen atoms in total. The second kappa shape index (κ2) is 8.06. The van der Waals surface area contributed by atoms with Crippen molar-refractivity contribution in [2.75, 3.05) is 26.8 Å². The van der Waals surface area contributed by atoms with Crippen LogP contribution in [0.15, 0.2) is 0 Å². The molecule has 0 aliphatic heterocycles. The molecule has 0 rings (SSSR count). The zero-order valence-electron chi connectivity index (χ0n) is 11.1. The maximum absolute atomic E-state index is 12.0. The van der Waals surface area contributed by atoms with Crippen molar-refractivity contribution in [1.82, 2.24) is 4.90 Å². The second-order valence-electron chi connectivity index (χ2n) is 4.68. The van der Waals surface area contributed by atoms with Crippen LogP contribution < -0.4 is 0 Å². The van der Waals surface area contributed by atoms with E-state index in [2.05, 4.69) is 0 Å². The van der Waals surface area contributed by atoms with Crippen molar-refractivity contribution in [3.63, 3.8) is 0 Å². The first-order valence-electron chi connectivity index (χ1n) is 5.88. The first-order valence-corrected chi connectivity index (χ1v) is 5.88. The van der Waals surface area contributed by atoms with Crippen LogP contribution in [0.1, 0.15) is 27.2 Å². The Morgan fingerprint density at radius 1 is 1.29 bits per heavy atom. The van der Waals surface area contributed by atoms with Gasteiger partial charge >= 0.3 is 5.97 Å². The highest BCUT2D eigenvalue weighted by Gasteiger charge is 2.21. The van der Waals surface area contributed by atoms with Crippen molar-refractivity contribution in [3.05, 3.63) is 0 Å². The number of carboxylic acids is 1. The Morgan fingerprint density at radius 2 is 1.88 bits per heavy atom. The Balaban J connectivity index is 4.43. The molecule has 0 aromatic carbocycles. The molecule has 1 unspecified atom stereocenters. The molecule has 0 bridgehead atoms. The van der Waals surface area contributed by atoms with Crippen LogP contribution in [-0.4, -0.2) is 48.7 Å². The van der Waals surface area contributed by atoms with Gasteiger partial charge in [0.15, 0.2) is 0 Å². The third-order valence-corrected chi connectivity index (χ3v) is 2.33. The lowest BCUT2D eigenvalue weighted by Crippen LogP contribution is -2.40. The summed E-state index contributed by atoms with van der Waals surface area (Å²) in [6, 6.07) is 0. The highest BCUT2D eigenvalue weighted by Crippen LogP contribution is 2.07. The lowest BCUT2D eigenvalue weighted by molar-refractivity contribution is -0.140. The fourth-order valence-corrected chi connectivity index (χ4v) is 1.60. The fraction of sp³-hybridized carbons (Fsp3) is 0.833. The van der Waals surface area contributed by atoms with E-state index in [0.717, 1.165) is 0 Å². The lowest BCUT2D eigenvalue weighted by Gasteiger charge is -2.26. The molecule has 0 aliphatic carbocycles. The quantitative estimate of drug-likeness (QED) is 0.698. The molecule has 0 radical (unpaired) electrons. The number of carboxylic acid groups (broad SMARTS) is 1. The highest BCUT2D eigenvalue weighted by atomic mass is 16.5. The van der Waals surface area contributed by atoms with E-state index in [4.69, 9.17) is 9.84 Å². The van der Waals surface area contributed by atoms with Gasteiger partial charge in [0.05, 0.1) is 18.9 Å². The van der Waals surface area contributed by atoms with Crippen LogP contribution in [0.5, 0.6) is 0 Å². The summed E-state index contributed by atoms with van der Waals surface area (Å²) in [4.78, 5) is 24.2. The molecule has 1 N–H and O–H groups in total. The molecule has 1 atom stereocenters. The molecule has 0 fully saturated rings. The summed E-state index contributed by atoms with van der Waals surface area (Å²) < 4.78 is 4.94. The molecule has 0 heterocycles. The van der Waals surface area contributed by atoms with Gasteiger partial charge in [0, 0.05) is 20.2 Å². The second-order valence-corrected chi connectivity index (χ2v) is 4.68. The van der Waals surface area contributed by atoms with E-state index in [0.29, 0.717) is 19.1 Å². The number of methoxy groups -OCH3 is 1. The van der Waals surface area contributed by atoms with Crippen molar-refractivity contribution >= 4 is 11.9 Å². The molecule has 0 aromatic heterocycles. The minimum Gasteiger partial charge on any atom is -0.481 e. The average molecular weight is 245 g/mol. The Kier molecular flexibility index (Phi) is 7.54. The monoisotopic (exact) mass is 245 g/mol. The topological polar surface area (TPSA) is 66.8 Å². The third kappa shape index (κ3) is 6.94. The van der Waals surface area contributed by atoms with Crippen LogP contribution in [0.3, 0.4) is 0 Å². The number of nitrogens with zero attached hydrogens (tertiary/aromatic N) is 1. The zero-order valence-corrected chi connectivity index (χ0v) is 11.1. The smallest absolute Gasteiger partial charge is 0.305 e. The Bertz CT molecular complexity index is 253. The Morgan fingerprint density at radius 3 is 2.29 bits per heavy atom. The van der Waals surface area contributed by atoms with Crippen LogP contribution in [0.25, 0.3) is 0 Å². The number of aliphatic carboxylic acids is 1. The normalized spacial score (nSPS) is 12.5. The van der Waals surface area contributed by atoms with E-state index in [1.807, 2.05) is 13.8 Å². The van der Waals surface area contributed by atoms with E-state index in [9.17, 15) is 9.59 Å². The van der Waals surface area contributed by atoms with Crippen molar-refractivity contribution < 1.29 is 19.4 Å². The largest absolute Gasteiger partial charge is 0.481 e. The highest BCUT2D eigenvalue weighted by molar-refractivity contribution is 5.79. The molecular formula is C12H23NO4. The standard InChI is InChI=1S/C12H23NO4/c1-9(2)7-13(6-5-11(14)15)12(16)10(3)8-17-4/h9-10H,5-8H2,1-4H3,(H,14,15). The van der Waals surface area contributed by atoms with Gasteiger partial charge in [0.25, 0.3) is 0 Å².